The van der Waals surface area contributed by atoms with Crippen molar-refractivity contribution in [1.29, 1.82) is 0 Å². The molecule has 3 amide bonds. The Kier molecular flexibility index (Phi) is 6.70. The van der Waals surface area contributed by atoms with Crippen molar-refractivity contribution in [2.45, 2.75) is 6.42 Å². The number of hydrogen-bond acceptors (Lipinski definition) is 5. The minimum absolute atomic E-state index is 0.0149. The number of piperazine rings is 1. The van der Waals surface area contributed by atoms with Gasteiger partial charge in [0.25, 0.3) is 0 Å². The van der Waals surface area contributed by atoms with E-state index in [1.165, 1.54) is 0 Å². The van der Waals surface area contributed by atoms with Gasteiger partial charge in [0.15, 0.2) is 0 Å². The Labute approximate surface area is 184 Å². The van der Waals surface area contributed by atoms with Crippen molar-refractivity contribution >= 4 is 39.3 Å². The van der Waals surface area contributed by atoms with Crippen molar-refractivity contribution < 1.29 is 19.1 Å². The van der Waals surface area contributed by atoms with Gasteiger partial charge < -0.3 is 19.4 Å². The maximum Gasteiger partial charge on any atom is 0.236 e. The Balaban J connectivity index is 1.28. The Morgan fingerprint density at radius 3 is 2.43 bits per heavy atom. The second-order valence-corrected chi connectivity index (χ2v) is 8.90. The molecule has 0 aromatic heterocycles. The summed E-state index contributed by atoms with van der Waals surface area (Å²) in [5, 5.41) is 0. The third-order valence-corrected chi connectivity index (χ3v) is 6.49. The average Bonchev–Trinajstić information content (AvgIpc) is 3.15. The number of carbonyl (C=O) groups excluding carboxylic acids is 3. The van der Waals surface area contributed by atoms with E-state index in [4.69, 9.17) is 4.74 Å². The average molecular weight is 479 g/mol. The largest absolute Gasteiger partial charge is 0.379 e. The van der Waals surface area contributed by atoms with E-state index in [1.807, 2.05) is 29.2 Å². The van der Waals surface area contributed by atoms with Crippen LogP contribution in [-0.2, 0) is 19.1 Å². The molecule has 1 atom stereocenters. The monoisotopic (exact) mass is 478 g/mol. The minimum atomic E-state index is -0.327. The number of morpholine rings is 1. The van der Waals surface area contributed by atoms with Gasteiger partial charge in [0.1, 0.15) is 0 Å². The fourth-order valence-corrected chi connectivity index (χ4v) is 4.64. The van der Waals surface area contributed by atoms with Crippen LogP contribution in [-0.4, -0.2) is 98.0 Å². The fraction of sp³-hybridized carbons (Fsp3) is 0.571. The second-order valence-electron chi connectivity index (χ2n) is 7.98. The highest BCUT2D eigenvalue weighted by atomic mass is 79.9. The van der Waals surface area contributed by atoms with Crippen molar-refractivity contribution in [3.05, 3.63) is 28.7 Å². The van der Waals surface area contributed by atoms with Crippen molar-refractivity contribution in [3.8, 4) is 0 Å². The quantitative estimate of drug-likeness (QED) is 0.639. The number of ether oxygens (including phenoxy) is 1. The summed E-state index contributed by atoms with van der Waals surface area (Å²) in [4.78, 5) is 45.5. The first kappa shape index (κ1) is 21.3. The van der Waals surface area contributed by atoms with E-state index < -0.39 is 0 Å². The summed E-state index contributed by atoms with van der Waals surface area (Å²) in [6.45, 7) is 5.88. The molecule has 0 saturated carbocycles. The van der Waals surface area contributed by atoms with Gasteiger partial charge in [-0.15, -0.1) is 0 Å². The summed E-state index contributed by atoms with van der Waals surface area (Å²) in [6.07, 6.45) is 0.238. The van der Waals surface area contributed by atoms with Gasteiger partial charge in [-0.25, -0.2) is 0 Å². The van der Waals surface area contributed by atoms with E-state index in [1.54, 1.807) is 9.80 Å². The zero-order valence-corrected chi connectivity index (χ0v) is 18.6. The van der Waals surface area contributed by atoms with Crippen LogP contribution in [0.25, 0.3) is 0 Å². The maximum atomic E-state index is 13.0. The van der Waals surface area contributed by atoms with E-state index in [2.05, 4.69) is 20.8 Å². The molecule has 3 aliphatic heterocycles. The molecular weight excluding hydrogens is 452 g/mol. The number of hydrogen-bond donors (Lipinski definition) is 0. The Bertz CT molecular complexity index is 806. The van der Waals surface area contributed by atoms with E-state index in [9.17, 15) is 14.4 Å². The lowest BCUT2D eigenvalue weighted by molar-refractivity contribution is -0.142. The van der Waals surface area contributed by atoms with Crippen LogP contribution in [0.4, 0.5) is 5.69 Å². The van der Waals surface area contributed by atoms with Gasteiger partial charge in [-0.05, 0) is 18.2 Å². The number of nitrogens with zero attached hydrogens (tertiary/aromatic N) is 4. The molecule has 0 aliphatic carbocycles. The van der Waals surface area contributed by atoms with Gasteiger partial charge in [-0.1, -0.05) is 22.0 Å². The zero-order valence-electron chi connectivity index (χ0n) is 17.0. The summed E-state index contributed by atoms with van der Waals surface area (Å²) in [6, 6.07) is 7.57. The molecule has 1 unspecified atom stereocenters. The Morgan fingerprint density at radius 2 is 1.73 bits per heavy atom. The normalized spacial score (nSPS) is 23.2. The Morgan fingerprint density at radius 1 is 1.03 bits per heavy atom. The number of anilines is 1. The molecule has 30 heavy (non-hydrogen) atoms. The number of halogens is 1. The molecule has 8 nitrogen and oxygen atoms in total. The molecule has 0 spiro atoms. The zero-order chi connectivity index (χ0) is 21.1. The maximum absolute atomic E-state index is 13.0. The highest BCUT2D eigenvalue weighted by Gasteiger charge is 2.38. The molecule has 162 valence electrons. The third-order valence-electron chi connectivity index (χ3n) is 6.00. The van der Waals surface area contributed by atoms with Crippen molar-refractivity contribution in [1.82, 2.24) is 14.7 Å². The molecule has 4 rings (SSSR count). The van der Waals surface area contributed by atoms with Gasteiger partial charge >= 0.3 is 0 Å². The first-order valence-electron chi connectivity index (χ1n) is 10.4. The van der Waals surface area contributed by atoms with Gasteiger partial charge in [0, 0.05) is 62.4 Å². The minimum Gasteiger partial charge on any atom is -0.379 e. The van der Waals surface area contributed by atoms with Crippen LogP contribution in [0.15, 0.2) is 28.7 Å². The van der Waals surface area contributed by atoms with Crippen LogP contribution in [0, 0.1) is 5.92 Å². The van der Waals surface area contributed by atoms with E-state index in [0.717, 1.165) is 23.2 Å². The first-order chi connectivity index (χ1) is 14.5. The van der Waals surface area contributed by atoms with Gasteiger partial charge in [-0.3, -0.25) is 19.3 Å². The number of rotatable bonds is 4. The Hall–Kier alpha value is -1.97. The lowest BCUT2D eigenvalue weighted by atomic mass is 10.1. The van der Waals surface area contributed by atoms with Crippen molar-refractivity contribution in [2.24, 2.45) is 5.92 Å². The van der Waals surface area contributed by atoms with Crippen LogP contribution in [0.3, 0.4) is 0 Å². The lowest BCUT2D eigenvalue weighted by Gasteiger charge is -2.37. The molecule has 1 aromatic rings. The van der Waals surface area contributed by atoms with Crippen LogP contribution < -0.4 is 4.90 Å². The van der Waals surface area contributed by atoms with Gasteiger partial charge in [-0.2, -0.15) is 0 Å². The summed E-state index contributed by atoms with van der Waals surface area (Å²) in [7, 11) is 0. The molecule has 3 fully saturated rings. The molecule has 3 aliphatic rings. The number of amides is 3. The highest BCUT2D eigenvalue weighted by Crippen LogP contribution is 2.28. The van der Waals surface area contributed by atoms with Gasteiger partial charge in [0.2, 0.25) is 17.7 Å². The molecule has 0 bridgehead atoms. The van der Waals surface area contributed by atoms with Crippen LogP contribution >= 0.6 is 15.9 Å². The van der Waals surface area contributed by atoms with Crippen molar-refractivity contribution in [3.63, 3.8) is 0 Å². The van der Waals surface area contributed by atoms with Crippen LogP contribution in [0.2, 0.25) is 0 Å². The third kappa shape index (κ3) is 4.84. The van der Waals surface area contributed by atoms with E-state index in [0.29, 0.717) is 52.5 Å². The predicted molar refractivity (Wildman–Crippen MR) is 115 cm³/mol. The van der Waals surface area contributed by atoms with Crippen molar-refractivity contribution in [2.75, 3.05) is 70.5 Å². The van der Waals surface area contributed by atoms with Crippen LogP contribution in [0.1, 0.15) is 6.42 Å². The van der Waals surface area contributed by atoms with Gasteiger partial charge in [0.05, 0.1) is 25.7 Å². The second kappa shape index (κ2) is 9.45. The van der Waals surface area contributed by atoms with Crippen LogP contribution in [0.5, 0.6) is 0 Å². The fourth-order valence-electron chi connectivity index (χ4n) is 4.25. The topological polar surface area (TPSA) is 73.4 Å². The molecule has 0 N–H and O–H groups in total. The summed E-state index contributed by atoms with van der Waals surface area (Å²) < 4.78 is 6.23. The standard InChI is InChI=1S/C21H27BrN4O4/c22-17-2-1-3-18(13-17)26-14-16(12-19(26)27)21(29)25-6-4-24(5-7-25)20(28)15-23-8-10-30-11-9-23/h1-3,13,16H,4-12,14-15H2. The molecule has 0 radical (unpaired) electrons. The smallest absolute Gasteiger partial charge is 0.236 e. The van der Waals surface area contributed by atoms with E-state index in [-0.39, 0.29) is 30.1 Å². The molecule has 1 aromatic carbocycles. The molecule has 3 saturated heterocycles. The predicted octanol–water partition coefficient (Wildman–Crippen LogP) is 0.805. The molecule has 3 heterocycles. The molecule has 9 heteroatoms. The molecular formula is C21H27BrN4O4. The number of carbonyl (C=O) groups is 3. The summed E-state index contributed by atoms with van der Waals surface area (Å²) in [5.41, 5.74) is 0.809. The summed E-state index contributed by atoms with van der Waals surface area (Å²) >= 11 is 3.43. The van der Waals surface area contributed by atoms with E-state index >= 15 is 0 Å². The first-order valence-corrected chi connectivity index (χ1v) is 11.2. The lowest BCUT2D eigenvalue weighted by Crippen LogP contribution is -2.54. The number of benzene rings is 1. The SMILES string of the molecule is O=C(CN1CCOCC1)N1CCN(C(=O)C2CC(=O)N(c3cccc(Br)c3)C2)CC1. The summed E-state index contributed by atoms with van der Waals surface area (Å²) in [5.74, 6) is -0.222. The highest BCUT2D eigenvalue weighted by molar-refractivity contribution is 9.10.